The number of nitrogens with zero attached hydrogens (tertiary/aromatic N) is 3. The van der Waals surface area contributed by atoms with Gasteiger partial charge in [-0.1, -0.05) is 0 Å². The van der Waals surface area contributed by atoms with E-state index in [-0.39, 0.29) is 5.69 Å². The molecule has 4 aromatic rings. The van der Waals surface area contributed by atoms with Crippen LogP contribution in [0.15, 0.2) is 53.7 Å². The van der Waals surface area contributed by atoms with Crippen LogP contribution in [0.4, 0.5) is 14.5 Å². The molecule has 10 heteroatoms. The molecule has 2 heterocycles. The molecule has 0 amide bonds. The highest BCUT2D eigenvalue weighted by Gasteiger charge is 2.17. The first kappa shape index (κ1) is 18.8. The van der Waals surface area contributed by atoms with Crippen molar-refractivity contribution in [3.8, 4) is 0 Å². The second-order valence-electron chi connectivity index (χ2n) is 6.36. The van der Waals surface area contributed by atoms with Gasteiger partial charge in [0.2, 0.25) is 0 Å². The molecule has 29 heavy (non-hydrogen) atoms. The second kappa shape index (κ2) is 7.13. The molecule has 0 aliphatic rings. The lowest BCUT2D eigenvalue weighted by Gasteiger charge is -2.08. The van der Waals surface area contributed by atoms with Crippen molar-refractivity contribution < 1.29 is 17.2 Å². The number of rotatable bonds is 5. The maximum atomic E-state index is 13.4. The van der Waals surface area contributed by atoms with Gasteiger partial charge in [-0.3, -0.25) is 14.5 Å². The zero-order valence-corrected chi connectivity index (χ0v) is 15.9. The maximum absolute atomic E-state index is 13.4. The monoisotopic (exact) mass is 415 g/mol. The van der Waals surface area contributed by atoms with Crippen molar-refractivity contribution in [2.75, 3.05) is 4.72 Å². The van der Waals surface area contributed by atoms with Crippen LogP contribution in [0.1, 0.15) is 11.3 Å². The first-order valence-electron chi connectivity index (χ1n) is 8.44. The number of aryl methyl sites for hydroxylation is 1. The molecule has 2 aromatic heterocycles. The predicted octanol–water partition coefficient (Wildman–Crippen LogP) is 3.55. The van der Waals surface area contributed by atoms with E-state index in [0.29, 0.717) is 22.7 Å². The molecule has 148 valence electrons. The van der Waals surface area contributed by atoms with E-state index in [0.717, 1.165) is 17.7 Å². The summed E-state index contributed by atoms with van der Waals surface area (Å²) in [4.78, 5) is -0.501. The van der Waals surface area contributed by atoms with Crippen LogP contribution in [-0.2, 0) is 17.1 Å². The van der Waals surface area contributed by atoms with E-state index in [4.69, 9.17) is 0 Å². The minimum absolute atomic E-state index is 0.236. The van der Waals surface area contributed by atoms with E-state index in [2.05, 4.69) is 20.0 Å². The van der Waals surface area contributed by atoms with Crippen molar-refractivity contribution in [1.29, 1.82) is 0 Å². The molecule has 0 bridgehead atoms. The minimum atomic E-state index is -4.17. The number of benzene rings is 2. The van der Waals surface area contributed by atoms with E-state index in [1.165, 1.54) is 6.07 Å². The highest BCUT2D eigenvalue weighted by atomic mass is 32.2. The predicted molar refractivity (Wildman–Crippen MR) is 105 cm³/mol. The van der Waals surface area contributed by atoms with Gasteiger partial charge in [0.25, 0.3) is 10.0 Å². The van der Waals surface area contributed by atoms with Crippen LogP contribution in [0.5, 0.6) is 0 Å². The summed E-state index contributed by atoms with van der Waals surface area (Å²) in [6, 6.07) is 6.90. The molecule has 0 spiro atoms. The van der Waals surface area contributed by atoms with E-state index in [9.17, 15) is 17.2 Å². The second-order valence-corrected chi connectivity index (χ2v) is 8.04. The molecule has 0 aliphatic carbocycles. The molecule has 0 unspecified atom stereocenters. The third-order valence-corrected chi connectivity index (χ3v) is 5.51. The third-order valence-electron chi connectivity index (χ3n) is 4.15. The lowest BCUT2D eigenvalue weighted by atomic mass is 10.1. The molecular weight excluding hydrogens is 400 g/mol. The van der Waals surface area contributed by atoms with Gasteiger partial charge in [0.1, 0.15) is 11.6 Å². The highest BCUT2D eigenvalue weighted by molar-refractivity contribution is 7.92. The molecule has 0 radical (unpaired) electrons. The van der Waals surface area contributed by atoms with Crippen molar-refractivity contribution in [3.63, 3.8) is 0 Å². The molecule has 0 saturated carbocycles. The molecule has 4 rings (SSSR count). The number of hydrogen-bond donors (Lipinski definition) is 2. The van der Waals surface area contributed by atoms with Crippen molar-refractivity contribution in [2.45, 2.75) is 4.90 Å². The summed E-state index contributed by atoms with van der Waals surface area (Å²) in [5.41, 5.74) is 2.42. The average Bonchev–Trinajstić information content (AvgIpc) is 3.24. The molecule has 0 saturated heterocycles. The molecule has 2 aromatic carbocycles. The summed E-state index contributed by atoms with van der Waals surface area (Å²) < 4.78 is 55.8. The average molecular weight is 415 g/mol. The van der Waals surface area contributed by atoms with E-state index in [1.54, 1.807) is 29.1 Å². The highest BCUT2D eigenvalue weighted by Crippen LogP contribution is 2.24. The number of fused-ring (bicyclic) bond motifs is 1. The van der Waals surface area contributed by atoms with Crippen molar-refractivity contribution in [2.24, 2.45) is 7.05 Å². The molecule has 0 atom stereocenters. The van der Waals surface area contributed by atoms with E-state index in [1.807, 2.05) is 19.3 Å². The van der Waals surface area contributed by atoms with Gasteiger partial charge >= 0.3 is 0 Å². The van der Waals surface area contributed by atoms with Crippen LogP contribution in [-0.4, -0.2) is 28.4 Å². The Morgan fingerprint density at radius 2 is 1.86 bits per heavy atom. The van der Waals surface area contributed by atoms with Crippen LogP contribution in [0.3, 0.4) is 0 Å². The zero-order valence-electron chi connectivity index (χ0n) is 15.1. The standard InChI is InChI=1S/C19H15F2N5O2S/c1-26-11-12(10-22-26)2-4-18-17-9-15(3-5-19(17)24-23-18)25-29(27,28)16-7-13(20)6-14(21)8-16/h2-11,25H,1H3,(H,23,24)/b4-2+. The fourth-order valence-corrected chi connectivity index (χ4v) is 3.91. The Kier molecular flexibility index (Phi) is 4.63. The number of hydrogen-bond acceptors (Lipinski definition) is 4. The zero-order chi connectivity index (χ0) is 20.6. The number of anilines is 1. The van der Waals surface area contributed by atoms with Gasteiger partial charge in [-0.05, 0) is 42.5 Å². The van der Waals surface area contributed by atoms with Gasteiger partial charge in [-0.15, -0.1) is 0 Å². The maximum Gasteiger partial charge on any atom is 0.262 e. The van der Waals surface area contributed by atoms with Gasteiger partial charge in [0.15, 0.2) is 0 Å². The number of aromatic amines is 1. The Morgan fingerprint density at radius 1 is 1.10 bits per heavy atom. The summed E-state index contributed by atoms with van der Waals surface area (Å²) in [6.45, 7) is 0. The number of halogens is 2. The Balaban J connectivity index is 1.65. The van der Waals surface area contributed by atoms with Gasteiger partial charge in [-0.2, -0.15) is 10.2 Å². The van der Waals surface area contributed by atoms with Crippen LogP contribution < -0.4 is 4.72 Å². The fourth-order valence-electron chi connectivity index (χ4n) is 2.82. The Labute approximate surface area is 164 Å². The first-order chi connectivity index (χ1) is 13.8. The van der Waals surface area contributed by atoms with Crippen LogP contribution in [0.25, 0.3) is 23.1 Å². The molecule has 0 aliphatic heterocycles. The Bertz CT molecular complexity index is 1320. The van der Waals surface area contributed by atoms with Gasteiger partial charge < -0.3 is 0 Å². The third kappa shape index (κ3) is 4.02. The SMILES string of the molecule is Cn1cc(/C=C/c2n[nH]c3ccc(NS(=O)(=O)c4cc(F)cc(F)c4)cc23)cn1. The minimum Gasteiger partial charge on any atom is -0.280 e. The van der Waals surface area contributed by atoms with Crippen molar-refractivity contribution >= 4 is 38.8 Å². The van der Waals surface area contributed by atoms with Crippen LogP contribution in [0, 0.1) is 11.6 Å². The topological polar surface area (TPSA) is 92.7 Å². The number of sulfonamides is 1. The van der Waals surface area contributed by atoms with Gasteiger partial charge in [0, 0.05) is 35.9 Å². The van der Waals surface area contributed by atoms with Crippen molar-refractivity contribution in [3.05, 3.63) is 71.7 Å². The summed E-state index contributed by atoms with van der Waals surface area (Å²) >= 11 is 0. The summed E-state index contributed by atoms with van der Waals surface area (Å²) in [5.74, 6) is -1.95. The van der Waals surface area contributed by atoms with Crippen LogP contribution >= 0.6 is 0 Å². The number of H-pyrrole nitrogens is 1. The largest absolute Gasteiger partial charge is 0.280 e. The van der Waals surface area contributed by atoms with Crippen molar-refractivity contribution in [1.82, 2.24) is 20.0 Å². The van der Waals surface area contributed by atoms with E-state index >= 15 is 0 Å². The summed E-state index contributed by atoms with van der Waals surface area (Å²) in [5, 5.41) is 11.8. The molecule has 0 fully saturated rings. The molecule has 2 N–H and O–H groups in total. The quantitative estimate of drug-likeness (QED) is 0.521. The van der Waals surface area contributed by atoms with Gasteiger partial charge in [-0.25, -0.2) is 17.2 Å². The van der Waals surface area contributed by atoms with E-state index < -0.39 is 26.6 Å². The molecular formula is C19H15F2N5O2S. The lowest BCUT2D eigenvalue weighted by molar-refractivity contribution is 0.568. The normalized spacial score (nSPS) is 12.1. The fraction of sp³-hybridized carbons (Fsp3) is 0.0526. The smallest absolute Gasteiger partial charge is 0.262 e. The van der Waals surface area contributed by atoms with Crippen LogP contribution in [0.2, 0.25) is 0 Å². The number of nitrogens with one attached hydrogen (secondary N) is 2. The first-order valence-corrected chi connectivity index (χ1v) is 9.92. The Morgan fingerprint density at radius 3 is 2.55 bits per heavy atom. The Hall–Kier alpha value is -3.53. The molecule has 7 nitrogen and oxygen atoms in total. The lowest BCUT2D eigenvalue weighted by Crippen LogP contribution is -2.13. The summed E-state index contributed by atoms with van der Waals surface area (Å²) in [7, 11) is -2.36. The number of aromatic nitrogens is 4. The van der Waals surface area contributed by atoms with Gasteiger partial charge in [0.05, 0.1) is 22.3 Å². The summed E-state index contributed by atoms with van der Waals surface area (Å²) in [6.07, 6.45) is 7.14.